The Morgan fingerprint density at radius 3 is 2.33 bits per heavy atom. The van der Waals surface area contributed by atoms with E-state index < -0.39 is 0 Å². The van der Waals surface area contributed by atoms with E-state index >= 15 is 0 Å². The van der Waals surface area contributed by atoms with E-state index in [4.69, 9.17) is 5.84 Å². The number of hydrogen-bond acceptors (Lipinski definition) is 3. The van der Waals surface area contributed by atoms with Crippen LogP contribution in [0.4, 0.5) is 5.69 Å². The number of anilines is 1. The van der Waals surface area contributed by atoms with E-state index in [9.17, 15) is 4.79 Å². The van der Waals surface area contributed by atoms with Gasteiger partial charge in [0.05, 0.1) is 11.3 Å². The van der Waals surface area contributed by atoms with Gasteiger partial charge in [0.15, 0.2) is 0 Å². The van der Waals surface area contributed by atoms with Crippen LogP contribution in [0, 0.1) is 0 Å². The van der Waals surface area contributed by atoms with Crippen molar-refractivity contribution in [2.24, 2.45) is 5.84 Å². The van der Waals surface area contributed by atoms with Gasteiger partial charge >= 0.3 is 0 Å². The number of benzene rings is 2. The van der Waals surface area contributed by atoms with Crippen LogP contribution >= 0.6 is 0 Å². The first-order valence-corrected chi connectivity index (χ1v) is 7.04. The molecule has 2 aromatic rings. The van der Waals surface area contributed by atoms with Crippen LogP contribution in [0.3, 0.4) is 0 Å². The minimum Gasteiger partial charge on any atom is -0.332 e. The molecular formula is C17H21N3O. The Labute approximate surface area is 125 Å². The Morgan fingerprint density at radius 1 is 1.10 bits per heavy atom. The zero-order valence-corrected chi connectivity index (χ0v) is 12.4. The molecule has 0 aromatic heterocycles. The molecule has 0 radical (unpaired) electrons. The van der Waals surface area contributed by atoms with E-state index in [2.05, 4.69) is 5.43 Å². The maximum absolute atomic E-state index is 12.8. The molecule has 0 heterocycles. The summed E-state index contributed by atoms with van der Waals surface area (Å²) in [5.41, 5.74) is 4.92. The molecule has 0 aliphatic carbocycles. The highest BCUT2D eigenvalue weighted by molar-refractivity contribution is 5.99. The molecule has 0 aliphatic rings. The minimum absolute atomic E-state index is 0.0256. The summed E-state index contributed by atoms with van der Waals surface area (Å²) in [6.45, 7) is 4.61. The highest BCUT2D eigenvalue weighted by Crippen LogP contribution is 2.19. The lowest BCUT2D eigenvalue weighted by molar-refractivity contribution is 0.0691. The van der Waals surface area contributed by atoms with Crippen molar-refractivity contribution in [2.75, 3.05) is 5.43 Å². The van der Waals surface area contributed by atoms with Crippen molar-refractivity contribution in [3.05, 3.63) is 65.7 Å². The van der Waals surface area contributed by atoms with E-state index in [0.717, 1.165) is 5.56 Å². The molecule has 0 atom stereocenters. The third kappa shape index (κ3) is 3.61. The third-order valence-corrected chi connectivity index (χ3v) is 3.39. The average Bonchev–Trinajstić information content (AvgIpc) is 2.52. The van der Waals surface area contributed by atoms with Crippen molar-refractivity contribution in [1.82, 2.24) is 4.90 Å². The van der Waals surface area contributed by atoms with Crippen LogP contribution < -0.4 is 11.3 Å². The largest absolute Gasteiger partial charge is 0.332 e. The van der Waals surface area contributed by atoms with Crippen LogP contribution in [-0.4, -0.2) is 16.8 Å². The number of nitrogens with one attached hydrogen (secondary N) is 1. The Kier molecular flexibility index (Phi) is 4.95. The van der Waals surface area contributed by atoms with Crippen LogP contribution in [0.25, 0.3) is 0 Å². The molecule has 4 nitrogen and oxygen atoms in total. The SMILES string of the molecule is CC(C)N(Cc1ccccc1)C(=O)c1ccccc1NN. The summed E-state index contributed by atoms with van der Waals surface area (Å²) < 4.78 is 0. The summed E-state index contributed by atoms with van der Waals surface area (Å²) in [5, 5.41) is 0. The molecule has 0 bridgehead atoms. The summed E-state index contributed by atoms with van der Waals surface area (Å²) in [5.74, 6) is 5.47. The topological polar surface area (TPSA) is 58.4 Å². The number of hydrogen-bond donors (Lipinski definition) is 2. The van der Waals surface area contributed by atoms with Gasteiger partial charge in [0.1, 0.15) is 0 Å². The van der Waals surface area contributed by atoms with Crippen molar-refractivity contribution < 1.29 is 4.79 Å². The van der Waals surface area contributed by atoms with E-state index in [1.165, 1.54) is 0 Å². The highest BCUT2D eigenvalue weighted by Gasteiger charge is 2.21. The molecule has 2 aromatic carbocycles. The van der Waals surface area contributed by atoms with Crippen LogP contribution in [-0.2, 0) is 6.54 Å². The zero-order chi connectivity index (χ0) is 15.2. The molecule has 21 heavy (non-hydrogen) atoms. The fourth-order valence-electron chi connectivity index (χ4n) is 2.22. The molecule has 110 valence electrons. The molecule has 0 aliphatic heterocycles. The van der Waals surface area contributed by atoms with Gasteiger partial charge in [-0.2, -0.15) is 0 Å². The number of nitrogen functional groups attached to an aromatic ring is 1. The fraction of sp³-hybridized carbons (Fsp3) is 0.235. The monoisotopic (exact) mass is 283 g/mol. The standard InChI is InChI=1S/C17H21N3O/c1-13(2)20(12-14-8-4-3-5-9-14)17(21)15-10-6-7-11-16(15)19-18/h3-11,13,19H,12,18H2,1-2H3. The maximum atomic E-state index is 12.8. The van der Waals surface area contributed by atoms with Gasteiger partial charge in [0.25, 0.3) is 5.91 Å². The van der Waals surface area contributed by atoms with Crippen molar-refractivity contribution >= 4 is 11.6 Å². The number of rotatable bonds is 5. The van der Waals surface area contributed by atoms with Crippen LogP contribution in [0.5, 0.6) is 0 Å². The van der Waals surface area contributed by atoms with Crippen LogP contribution in [0.2, 0.25) is 0 Å². The van der Waals surface area contributed by atoms with E-state index in [1.54, 1.807) is 12.1 Å². The molecule has 0 unspecified atom stereocenters. The lowest BCUT2D eigenvalue weighted by Crippen LogP contribution is -2.37. The van der Waals surface area contributed by atoms with Gasteiger partial charge in [-0.15, -0.1) is 0 Å². The number of carbonyl (C=O) groups is 1. The molecular weight excluding hydrogens is 262 g/mol. The highest BCUT2D eigenvalue weighted by atomic mass is 16.2. The smallest absolute Gasteiger partial charge is 0.256 e. The van der Waals surface area contributed by atoms with Gasteiger partial charge in [-0.3, -0.25) is 10.6 Å². The zero-order valence-electron chi connectivity index (χ0n) is 12.4. The van der Waals surface area contributed by atoms with Gasteiger partial charge in [-0.25, -0.2) is 0 Å². The number of para-hydroxylation sites is 1. The fourth-order valence-corrected chi connectivity index (χ4v) is 2.22. The summed E-state index contributed by atoms with van der Waals surface area (Å²) in [4.78, 5) is 14.6. The summed E-state index contributed by atoms with van der Waals surface area (Å²) >= 11 is 0. The van der Waals surface area contributed by atoms with Gasteiger partial charge in [0, 0.05) is 12.6 Å². The first-order valence-electron chi connectivity index (χ1n) is 7.04. The van der Waals surface area contributed by atoms with Crippen LogP contribution in [0.1, 0.15) is 29.8 Å². The Bertz CT molecular complexity index is 596. The lowest BCUT2D eigenvalue weighted by Gasteiger charge is -2.27. The summed E-state index contributed by atoms with van der Waals surface area (Å²) in [6, 6.07) is 17.4. The second kappa shape index (κ2) is 6.90. The second-order valence-corrected chi connectivity index (χ2v) is 5.20. The van der Waals surface area contributed by atoms with Crippen molar-refractivity contribution in [3.8, 4) is 0 Å². The first-order chi connectivity index (χ1) is 10.1. The lowest BCUT2D eigenvalue weighted by atomic mass is 10.1. The molecule has 3 N–H and O–H groups in total. The van der Waals surface area contributed by atoms with Crippen LogP contribution in [0.15, 0.2) is 54.6 Å². The Hall–Kier alpha value is -2.33. The average molecular weight is 283 g/mol. The minimum atomic E-state index is -0.0256. The van der Waals surface area contributed by atoms with Crippen molar-refractivity contribution in [3.63, 3.8) is 0 Å². The second-order valence-electron chi connectivity index (χ2n) is 5.20. The number of amides is 1. The van der Waals surface area contributed by atoms with E-state index in [1.807, 2.05) is 61.2 Å². The third-order valence-electron chi connectivity index (χ3n) is 3.39. The number of nitrogens with zero attached hydrogens (tertiary/aromatic N) is 1. The summed E-state index contributed by atoms with van der Waals surface area (Å²) in [7, 11) is 0. The molecule has 0 saturated carbocycles. The van der Waals surface area contributed by atoms with E-state index in [-0.39, 0.29) is 11.9 Å². The van der Waals surface area contributed by atoms with Crippen molar-refractivity contribution in [2.45, 2.75) is 26.4 Å². The Balaban J connectivity index is 2.28. The number of hydrazine groups is 1. The number of carbonyl (C=O) groups excluding carboxylic acids is 1. The predicted molar refractivity (Wildman–Crippen MR) is 85.7 cm³/mol. The normalized spacial score (nSPS) is 10.5. The first kappa shape index (κ1) is 15.1. The van der Waals surface area contributed by atoms with Gasteiger partial charge < -0.3 is 10.3 Å². The number of nitrogens with two attached hydrogens (primary N) is 1. The van der Waals surface area contributed by atoms with Crippen molar-refractivity contribution in [1.29, 1.82) is 0 Å². The molecule has 2 rings (SSSR count). The summed E-state index contributed by atoms with van der Waals surface area (Å²) in [6.07, 6.45) is 0. The molecule has 0 spiro atoms. The van der Waals surface area contributed by atoms with Gasteiger partial charge in [0.2, 0.25) is 0 Å². The quantitative estimate of drug-likeness (QED) is 0.655. The molecule has 1 amide bonds. The maximum Gasteiger partial charge on any atom is 0.256 e. The Morgan fingerprint density at radius 2 is 1.71 bits per heavy atom. The van der Waals surface area contributed by atoms with E-state index in [0.29, 0.717) is 17.8 Å². The van der Waals surface area contributed by atoms with Gasteiger partial charge in [-0.1, -0.05) is 42.5 Å². The molecule has 4 heteroatoms. The van der Waals surface area contributed by atoms with Gasteiger partial charge in [-0.05, 0) is 31.5 Å². The molecule has 0 fully saturated rings. The molecule has 0 saturated heterocycles. The predicted octanol–water partition coefficient (Wildman–Crippen LogP) is 3.02.